The number of anilines is 1. The Labute approximate surface area is 152 Å². The minimum absolute atomic E-state index is 0. The average molecular weight is 365 g/mol. The molecule has 0 fully saturated rings. The molecule has 1 amide bonds. The van der Waals surface area contributed by atoms with Crippen molar-refractivity contribution in [3.63, 3.8) is 0 Å². The van der Waals surface area contributed by atoms with E-state index in [-0.39, 0.29) is 29.9 Å². The van der Waals surface area contributed by atoms with E-state index in [1.807, 2.05) is 0 Å². The van der Waals surface area contributed by atoms with Crippen LogP contribution in [0.3, 0.4) is 0 Å². The first kappa shape index (κ1) is 19.0. The third-order valence-corrected chi connectivity index (χ3v) is 4.01. The van der Waals surface area contributed by atoms with E-state index in [2.05, 4.69) is 5.32 Å². The summed E-state index contributed by atoms with van der Waals surface area (Å²) >= 11 is 0. The average Bonchev–Trinajstić information content (AvgIpc) is 2.92. The van der Waals surface area contributed by atoms with Crippen molar-refractivity contribution < 1.29 is 18.7 Å². The third-order valence-electron chi connectivity index (χ3n) is 4.01. The predicted molar refractivity (Wildman–Crippen MR) is 96.9 cm³/mol. The number of halogens is 1. The Balaban J connectivity index is 0.00000225. The Morgan fingerprint density at radius 3 is 2.64 bits per heavy atom. The van der Waals surface area contributed by atoms with Crippen LogP contribution in [0, 0.1) is 6.92 Å². The lowest BCUT2D eigenvalue weighted by Gasteiger charge is -2.07. The largest absolute Gasteiger partial charge is 0.492 e. The molecule has 0 radical (unpaired) electrons. The van der Waals surface area contributed by atoms with Crippen molar-refractivity contribution in [1.82, 2.24) is 0 Å². The summed E-state index contributed by atoms with van der Waals surface area (Å²) in [5, 5.41) is 2.78. The fraction of sp³-hybridized carbons (Fsp3) is 0.333. The highest BCUT2D eigenvalue weighted by Crippen LogP contribution is 2.29. The summed E-state index contributed by atoms with van der Waals surface area (Å²) in [6.07, 6.45) is 1.98. The topological polar surface area (TPSA) is 94.6 Å². The number of carbonyl (C=O) groups is 2. The summed E-state index contributed by atoms with van der Waals surface area (Å²) in [5.74, 6) is 1.22. The second-order valence-electron chi connectivity index (χ2n) is 5.75. The van der Waals surface area contributed by atoms with E-state index in [0.29, 0.717) is 54.3 Å². The van der Waals surface area contributed by atoms with Gasteiger partial charge in [0.25, 0.3) is 5.91 Å². The van der Waals surface area contributed by atoms with Gasteiger partial charge in [0.15, 0.2) is 11.5 Å². The zero-order valence-electron chi connectivity index (χ0n) is 14.0. The number of amides is 1. The Morgan fingerprint density at radius 1 is 1.28 bits per heavy atom. The molecule has 7 heteroatoms. The quantitative estimate of drug-likeness (QED) is 0.850. The number of nitrogens with two attached hydrogens (primary N) is 1. The van der Waals surface area contributed by atoms with Crippen LogP contribution in [0.2, 0.25) is 0 Å². The number of aryl methyl sites for hydroxylation is 1. The van der Waals surface area contributed by atoms with Gasteiger partial charge in [-0.25, -0.2) is 0 Å². The maximum atomic E-state index is 12.5. The lowest BCUT2D eigenvalue weighted by molar-refractivity contribution is 0.0963. The van der Waals surface area contributed by atoms with Crippen LogP contribution >= 0.6 is 12.4 Å². The molecule has 1 aliphatic rings. The van der Waals surface area contributed by atoms with Crippen molar-refractivity contribution in [2.75, 3.05) is 18.5 Å². The van der Waals surface area contributed by atoms with Crippen molar-refractivity contribution in [1.29, 1.82) is 0 Å². The van der Waals surface area contributed by atoms with Crippen molar-refractivity contribution in [2.45, 2.75) is 26.2 Å². The molecule has 2 aromatic rings. The van der Waals surface area contributed by atoms with Gasteiger partial charge in [0.2, 0.25) is 0 Å². The molecule has 0 aliphatic heterocycles. The maximum absolute atomic E-state index is 12.5. The smallest absolute Gasteiger partial charge is 0.291 e. The molecule has 1 aliphatic carbocycles. The zero-order valence-corrected chi connectivity index (χ0v) is 14.8. The van der Waals surface area contributed by atoms with Crippen LogP contribution in [0.15, 0.2) is 28.7 Å². The van der Waals surface area contributed by atoms with Crippen LogP contribution in [-0.2, 0) is 6.42 Å². The number of Topliss-reactive ketones (excluding diaryl/α,β-unsaturated/α-hetero) is 1. The van der Waals surface area contributed by atoms with Gasteiger partial charge >= 0.3 is 0 Å². The molecule has 0 saturated heterocycles. The number of rotatable bonds is 5. The molecule has 1 aromatic carbocycles. The summed E-state index contributed by atoms with van der Waals surface area (Å²) in [6.45, 7) is 2.64. The molecule has 0 saturated carbocycles. The number of ether oxygens (including phenoxy) is 1. The number of nitrogens with one attached hydrogen (secondary N) is 1. The van der Waals surface area contributed by atoms with E-state index in [4.69, 9.17) is 14.9 Å². The molecule has 134 valence electrons. The Kier molecular flexibility index (Phi) is 6.22. The lowest BCUT2D eigenvalue weighted by Crippen LogP contribution is -2.13. The zero-order chi connectivity index (χ0) is 17.1. The van der Waals surface area contributed by atoms with Crippen molar-refractivity contribution >= 4 is 29.8 Å². The van der Waals surface area contributed by atoms with Gasteiger partial charge in [-0.05, 0) is 37.6 Å². The van der Waals surface area contributed by atoms with Gasteiger partial charge in [0.1, 0.15) is 18.1 Å². The number of benzene rings is 1. The van der Waals surface area contributed by atoms with Gasteiger partial charge in [-0.1, -0.05) is 0 Å². The molecule has 1 heterocycles. The highest BCUT2D eigenvalue weighted by molar-refractivity contribution is 6.07. The normalized spacial score (nSPS) is 13.0. The molecule has 0 atom stereocenters. The number of ketones is 1. The van der Waals surface area contributed by atoms with E-state index < -0.39 is 0 Å². The van der Waals surface area contributed by atoms with Gasteiger partial charge in [0, 0.05) is 30.6 Å². The van der Waals surface area contributed by atoms with Crippen LogP contribution in [-0.4, -0.2) is 24.8 Å². The minimum Gasteiger partial charge on any atom is -0.492 e. The Hall–Kier alpha value is -2.31. The van der Waals surface area contributed by atoms with Crippen LogP contribution < -0.4 is 15.8 Å². The second kappa shape index (κ2) is 8.18. The summed E-state index contributed by atoms with van der Waals surface area (Å²) in [5.41, 5.74) is 7.21. The molecule has 1 aromatic heterocycles. The predicted octanol–water partition coefficient (Wildman–Crippen LogP) is 3.12. The van der Waals surface area contributed by atoms with Crippen molar-refractivity contribution in [3.05, 3.63) is 46.9 Å². The first-order valence-electron chi connectivity index (χ1n) is 8.00. The molecule has 3 rings (SSSR count). The molecule has 25 heavy (non-hydrogen) atoms. The van der Waals surface area contributed by atoms with Crippen LogP contribution in [0.1, 0.15) is 45.1 Å². The van der Waals surface area contributed by atoms with E-state index in [0.717, 1.165) is 6.42 Å². The van der Waals surface area contributed by atoms with E-state index in [9.17, 15) is 9.59 Å². The number of fused-ring (bicyclic) bond motifs is 1. The van der Waals surface area contributed by atoms with E-state index >= 15 is 0 Å². The number of furan rings is 1. The van der Waals surface area contributed by atoms with E-state index in [1.54, 1.807) is 31.2 Å². The molecular formula is C18H21ClN2O4. The van der Waals surface area contributed by atoms with Crippen LogP contribution in [0.4, 0.5) is 5.69 Å². The fourth-order valence-electron chi connectivity index (χ4n) is 2.86. The Bertz CT molecular complexity index is 768. The van der Waals surface area contributed by atoms with Gasteiger partial charge in [-0.3, -0.25) is 9.59 Å². The SMILES string of the molecule is Cc1c(C(=O)Nc2ccc(OCCN)cc2)oc2c1C(=O)CCC2.Cl. The number of hydrogen-bond acceptors (Lipinski definition) is 5. The lowest BCUT2D eigenvalue weighted by atomic mass is 9.94. The fourth-order valence-corrected chi connectivity index (χ4v) is 2.86. The second-order valence-corrected chi connectivity index (χ2v) is 5.75. The van der Waals surface area contributed by atoms with E-state index in [1.165, 1.54) is 0 Å². The number of hydrogen-bond donors (Lipinski definition) is 2. The summed E-state index contributed by atoms with van der Waals surface area (Å²) < 4.78 is 11.0. The molecule has 3 N–H and O–H groups in total. The summed E-state index contributed by atoms with van der Waals surface area (Å²) in [4.78, 5) is 24.5. The molecule has 0 bridgehead atoms. The van der Waals surface area contributed by atoms with Crippen molar-refractivity contribution in [3.8, 4) is 5.75 Å². The van der Waals surface area contributed by atoms with Gasteiger partial charge in [0.05, 0.1) is 5.56 Å². The molecule has 0 unspecified atom stereocenters. The molecule has 0 spiro atoms. The molecular weight excluding hydrogens is 344 g/mol. The molecule has 6 nitrogen and oxygen atoms in total. The summed E-state index contributed by atoms with van der Waals surface area (Å²) in [6, 6.07) is 7.00. The monoisotopic (exact) mass is 364 g/mol. The van der Waals surface area contributed by atoms with Crippen LogP contribution in [0.5, 0.6) is 5.75 Å². The Morgan fingerprint density at radius 2 is 2.00 bits per heavy atom. The van der Waals surface area contributed by atoms with Gasteiger partial charge in [-0.2, -0.15) is 0 Å². The standard InChI is InChI=1S/C18H20N2O4.ClH/c1-11-16-14(21)3-2-4-15(16)24-17(11)18(22)20-12-5-7-13(8-6-12)23-10-9-19;/h5-8H,2-4,9-10,19H2,1H3,(H,20,22);1H. The van der Waals surface area contributed by atoms with Crippen molar-refractivity contribution in [2.24, 2.45) is 5.73 Å². The highest BCUT2D eigenvalue weighted by Gasteiger charge is 2.28. The number of carbonyl (C=O) groups excluding carboxylic acids is 2. The first-order valence-corrected chi connectivity index (χ1v) is 8.00. The van der Waals surface area contributed by atoms with Crippen LogP contribution in [0.25, 0.3) is 0 Å². The van der Waals surface area contributed by atoms with Gasteiger partial charge < -0.3 is 20.2 Å². The van der Waals surface area contributed by atoms with Gasteiger partial charge in [-0.15, -0.1) is 12.4 Å². The minimum atomic E-state index is -0.356. The third kappa shape index (κ3) is 4.03. The highest BCUT2D eigenvalue weighted by atomic mass is 35.5. The first-order chi connectivity index (χ1) is 11.6. The maximum Gasteiger partial charge on any atom is 0.291 e. The summed E-state index contributed by atoms with van der Waals surface area (Å²) in [7, 11) is 0.